The second kappa shape index (κ2) is 9.88. The van der Waals surface area contributed by atoms with Crippen molar-refractivity contribution in [1.82, 2.24) is 19.8 Å². The van der Waals surface area contributed by atoms with E-state index in [1.807, 2.05) is 48.1 Å². The zero-order valence-electron chi connectivity index (χ0n) is 16.5. The van der Waals surface area contributed by atoms with Gasteiger partial charge in [-0.15, -0.1) is 0 Å². The predicted octanol–water partition coefficient (Wildman–Crippen LogP) is 3.14. The fourth-order valence-corrected chi connectivity index (χ4v) is 4.38. The maximum atomic E-state index is 12.7. The maximum Gasteiger partial charge on any atom is 0.251 e. The quantitative estimate of drug-likeness (QED) is 0.494. The molecule has 0 fully saturated rings. The first-order valence-corrected chi connectivity index (χ1v) is 11.3. The molecular formula is C21H23ClN4O3S. The topological polar surface area (TPSA) is 93.1 Å². The number of benzene rings is 2. The summed E-state index contributed by atoms with van der Waals surface area (Å²) in [5, 5.41) is 7.04. The molecule has 0 aliphatic rings. The van der Waals surface area contributed by atoms with Crippen LogP contribution in [0.4, 0.5) is 0 Å². The van der Waals surface area contributed by atoms with Crippen LogP contribution in [0.1, 0.15) is 27.9 Å². The van der Waals surface area contributed by atoms with Crippen molar-refractivity contribution in [3.8, 4) is 0 Å². The zero-order valence-corrected chi connectivity index (χ0v) is 18.1. The number of carbonyl (C=O) groups is 1. The Morgan fingerprint density at radius 1 is 1.17 bits per heavy atom. The molecule has 1 heterocycles. The van der Waals surface area contributed by atoms with Gasteiger partial charge in [0.1, 0.15) is 4.90 Å². The summed E-state index contributed by atoms with van der Waals surface area (Å²) in [6.45, 7) is 3.21. The smallest absolute Gasteiger partial charge is 0.251 e. The zero-order chi connectivity index (χ0) is 21.6. The summed E-state index contributed by atoms with van der Waals surface area (Å²) in [5.41, 5.74) is 2.13. The highest BCUT2D eigenvalue weighted by Crippen LogP contribution is 2.23. The van der Waals surface area contributed by atoms with Crippen LogP contribution in [0.25, 0.3) is 0 Å². The van der Waals surface area contributed by atoms with E-state index in [2.05, 4.69) is 15.1 Å². The fourth-order valence-electron chi connectivity index (χ4n) is 2.84. The molecule has 0 saturated carbocycles. The lowest BCUT2D eigenvalue weighted by molar-refractivity contribution is 0.0952. The number of amides is 1. The Bertz CT molecular complexity index is 1110. The van der Waals surface area contributed by atoms with Gasteiger partial charge in [-0.2, -0.15) is 5.10 Å². The van der Waals surface area contributed by atoms with Crippen molar-refractivity contribution in [2.45, 2.75) is 31.3 Å². The lowest BCUT2D eigenvalue weighted by atomic mass is 10.2. The molecule has 0 saturated heterocycles. The van der Waals surface area contributed by atoms with Crippen LogP contribution >= 0.6 is 11.6 Å². The van der Waals surface area contributed by atoms with Crippen LogP contribution in [-0.4, -0.2) is 30.7 Å². The first kappa shape index (κ1) is 22.0. The van der Waals surface area contributed by atoms with E-state index in [1.165, 1.54) is 18.2 Å². The van der Waals surface area contributed by atoms with E-state index in [-0.39, 0.29) is 27.9 Å². The highest BCUT2D eigenvalue weighted by Gasteiger charge is 2.20. The van der Waals surface area contributed by atoms with Gasteiger partial charge in [0.25, 0.3) is 5.91 Å². The van der Waals surface area contributed by atoms with E-state index in [0.717, 1.165) is 11.1 Å². The number of nitrogens with one attached hydrogen (secondary N) is 2. The van der Waals surface area contributed by atoms with Crippen LogP contribution in [-0.2, 0) is 23.1 Å². The number of hydrogen-bond acceptors (Lipinski definition) is 4. The number of hydrogen-bond donors (Lipinski definition) is 2. The van der Waals surface area contributed by atoms with E-state index in [9.17, 15) is 13.2 Å². The number of rotatable bonds is 9. The molecular weight excluding hydrogens is 424 g/mol. The molecule has 0 bridgehead atoms. The van der Waals surface area contributed by atoms with Gasteiger partial charge in [-0.05, 0) is 42.7 Å². The van der Waals surface area contributed by atoms with E-state index in [0.29, 0.717) is 19.5 Å². The average molecular weight is 447 g/mol. The lowest BCUT2D eigenvalue weighted by Crippen LogP contribution is -2.27. The molecule has 0 spiro atoms. The van der Waals surface area contributed by atoms with E-state index < -0.39 is 10.0 Å². The van der Waals surface area contributed by atoms with Gasteiger partial charge < -0.3 is 5.32 Å². The molecule has 0 atom stereocenters. The van der Waals surface area contributed by atoms with E-state index >= 15 is 0 Å². The van der Waals surface area contributed by atoms with Gasteiger partial charge in [0.15, 0.2) is 0 Å². The van der Waals surface area contributed by atoms with Crippen molar-refractivity contribution in [2.24, 2.45) is 0 Å². The summed E-state index contributed by atoms with van der Waals surface area (Å²) < 4.78 is 29.7. The molecule has 3 rings (SSSR count). The van der Waals surface area contributed by atoms with E-state index in [1.54, 1.807) is 6.20 Å². The molecule has 9 heteroatoms. The first-order valence-electron chi connectivity index (χ1n) is 9.45. The number of nitrogens with zero attached hydrogens (tertiary/aromatic N) is 2. The van der Waals surface area contributed by atoms with Crippen molar-refractivity contribution in [3.63, 3.8) is 0 Å². The van der Waals surface area contributed by atoms with Crippen LogP contribution in [0.3, 0.4) is 0 Å². The monoisotopic (exact) mass is 446 g/mol. The Labute approximate surface area is 181 Å². The van der Waals surface area contributed by atoms with Gasteiger partial charge in [-0.25, -0.2) is 13.1 Å². The Balaban J connectivity index is 1.61. The van der Waals surface area contributed by atoms with Crippen molar-refractivity contribution in [2.75, 3.05) is 6.54 Å². The Hall–Kier alpha value is -2.68. The molecule has 7 nitrogen and oxygen atoms in total. The molecule has 3 aromatic rings. The third kappa shape index (κ3) is 5.91. The lowest BCUT2D eigenvalue weighted by Gasteiger charge is -2.11. The normalized spacial score (nSPS) is 11.4. The van der Waals surface area contributed by atoms with E-state index in [4.69, 9.17) is 11.6 Å². The SMILES string of the molecule is Cc1cnn(CCCNC(=O)c2ccc(Cl)c(S(=O)(=O)NCc3ccccc3)c2)c1. The summed E-state index contributed by atoms with van der Waals surface area (Å²) in [6, 6.07) is 13.4. The molecule has 0 aliphatic heterocycles. The van der Waals surface area contributed by atoms with Crippen molar-refractivity contribution in [1.29, 1.82) is 0 Å². The van der Waals surface area contributed by atoms with Crippen LogP contribution < -0.4 is 10.0 Å². The minimum absolute atomic E-state index is 0.0566. The summed E-state index contributed by atoms with van der Waals surface area (Å²) in [4.78, 5) is 12.3. The number of aryl methyl sites for hydroxylation is 2. The van der Waals surface area contributed by atoms with Gasteiger partial charge in [0, 0.05) is 31.4 Å². The van der Waals surface area contributed by atoms with Crippen LogP contribution in [0.5, 0.6) is 0 Å². The molecule has 1 amide bonds. The predicted molar refractivity (Wildman–Crippen MR) is 116 cm³/mol. The Kier molecular flexibility index (Phi) is 7.25. The van der Waals surface area contributed by atoms with Crippen LogP contribution in [0.15, 0.2) is 65.8 Å². The highest BCUT2D eigenvalue weighted by atomic mass is 35.5. The molecule has 0 unspecified atom stereocenters. The molecule has 0 aliphatic carbocycles. The summed E-state index contributed by atoms with van der Waals surface area (Å²) >= 11 is 6.10. The molecule has 158 valence electrons. The molecule has 0 radical (unpaired) electrons. The Morgan fingerprint density at radius 2 is 1.93 bits per heavy atom. The third-order valence-electron chi connectivity index (χ3n) is 4.40. The second-order valence-corrected chi connectivity index (χ2v) is 8.99. The summed E-state index contributed by atoms with van der Waals surface area (Å²) in [7, 11) is -3.88. The summed E-state index contributed by atoms with van der Waals surface area (Å²) in [6.07, 6.45) is 4.41. The number of aromatic nitrogens is 2. The van der Waals surface area contributed by atoms with Crippen molar-refractivity contribution >= 4 is 27.5 Å². The Morgan fingerprint density at radius 3 is 2.63 bits per heavy atom. The van der Waals surface area contributed by atoms with Gasteiger partial charge in [-0.1, -0.05) is 41.9 Å². The van der Waals surface area contributed by atoms with Gasteiger partial charge in [0.2, 0.25) is 10.0 Å². The number of sulfonamides is 1. The minimum Gasteiger partial charge on any atom is -0.352 e. The summed E-state index contributed by atoms with van der Waals surface area (Å²) in [5.74, 6) is -0.358. The molecule has 2 N–H and O–H groups in total. The molecule has 2 aromatic carbocycles. The number of carbonyl (C=O) groups excluding carboxylic acids is 1. The van der Waals surface area contributed by atoms with Gasteiger partial charge in [-0.3, -0.25) is 9.48 Å². The van der Waals surface area contributed by atoms with Crippen molar-refractivity contribution < 1.29 is 13.2 Å². The second-order valence-electron chi connectivity index (χ2n) is 6.85. The first-order chi connectivity index (χ1) is 14.3. The number of halogens is 1. The minimum atomic E-state index is -3.88. The van der Waals surface area contributed by atoms with Crippen LogP contribution in [0, 0.1) is 6.92 Å². The van der Waals surface area contributed by atoms with Gasteiger partial charge >= 0.3 is 0 Å². The maximum absolute atomic E-state index is 12.7. The molecule has 30 heavy (non-hydrogen) atoms. The average Bonchev–Trinajstić information content (AvgIpc) is 3.15. The largest absolute Gasteiger partial charge is 0.352 e. The van der Waals surface area contributed by atoms with Crippen LogP contribution in [0.2, 0.25) is 5.02 Å². The standard InChI is InChI=1S/C21H23ClN4O3S/c1-16-13-24-26(15-16)11-5-10-23-21(27)18-8-9-19(22)20(12-18)30(28,29)25-14-17-6-3-2-4-7-17/h2-4,6-9,12-13,15,25H,5,10-11,14H2,1H3,(H,23,27). The highest BCUT2D eigenvalue weighted by molar-refractivity contribution is 7.89. The molecule has 1 aromatic heterocycles. The third-order valence-corrected chi connectivity index (χ3v) is 6.29. The van der Waals surface area contributed by atoms with Crippen molar-refractivity contribution in [3.05, 3.63) is 82.6 Å². The fraction of sp³-hybridized carbons (Fsp3) is 0.238. The van der Waals surface area contributed by atoms with Gasteiger partial charge in [0.05, 0.1) is 11.2 Å².